The van der Waals surface area contributed by atoms with Gasteiger partial charge in [0.1, 0.15) is 5.75 Å². The smallest absolute Gasteiger partial charge is 0.277 e. The fraction of sp³-hybridized carbons (Fsp3) is 0.429. The second-order valence-corrected chi connectivity index (χ2v) is 4.62. The molecule has 0 radical (unpaired) electrons. The van der Waals surface area contributed by atoms with Crippen molar-refractivity contribution in [3.8, 4) is 5.75 Å². The first-order chi connectivity index (χ1) is 9.75. The summed E-state index contributed by atoms with van der Waals surface area (Å²) in [4.78, 5) is 22.9. The highest BCUT2D eigenvalue weighted by Gasteiger charge is 2.28. The molecule has 0 saturated carbocycles. The molecule has 7 heteroatoms. The van der Waals surface area contributed by atoms with Crippen molar-refractivity contribution >= 4 is 11.7 Å². The summed E-state index contributed by atoms with van der Waals surface area (Å²) in [6, 6.07) is 6.28. The SMILES string of the molecule is CC(=O)c1cccc(OC(C)C(=O)NCC(F)(F)CN)c1. The van der Waals surface area contributed by atoms with Crippen molar-refractivity contribution in [2.75, 3.05) is 13.1 Å². The van der Waals surface area contributed by atoms with Gasteiger partial charge < -0.3 is 15.8 Å². The van der Waals surface area contributed by atoms with Crippen LogP contribution in [0.15, 0.2) is 24.3 Å². The number of Topliss-reactive ketones (excluding diaryl/α,β-unsaturated/α-hetero) is 1. The lowest BCUT2D eigenvalue weighted by atomic mass is 10.1. The highest BCUT2D eigenvalue weighted by atomic mass is 19.3. The molecule has 0 aliphatic carbocycles. The minimum Gasteiger partial charge on any atom is -0.481 e. The van der Waals surface area contributed by atoms with Gasteiger partial charge in [-0.2, -0.15) is 0 Å². The van der Waals surface area contributed by atoms with E-state index in [2.05, 4.69) is 5.32 Å². The number of amides is 1. The molecule has 1 rings (SSSR count). The summed E-state index contributed by atoms with van der Waals surface area (Å²) in [5.74, 6) is -3.66. The van der Waals surface area contributed by atoms with E-state index in [0.29, 0.717) is 11.3 Å². The topological polar surface area (TPSA) is 81.4 Å². The lowest BCUT2D eigenvalue weighted by Crippen LogP contribution is -2.45. The van der Waals surface area contributed by atoms with Crippen LogP contribution in [0.2, 0.25) is 0 Å². The molecule has 3 N–H and O–H groups in total. The molecule has 1 atom stereocenters. The minimum absolute atomic E-state index is 0.139. The van der Waals surface area contributed by atoms with Crippen LogP contribution in [0.25, 0.3) is 0 Å². The molecule has 5 nitrogen and oxygen atoms in total. The fourth-order valence-electron chi connectivity index (χ4n) is 1.48. The molecule has 1 unspecified atom stereocenters. The van der Waals surface area contributed by atoms with Crippen LogP contribution in [0.4, 0.5) is 8.78 Å². The summed E-state index contributed by atoms with van der Waals surface area (Å²) in [6.45, 7) is 1.15. The van der Waals surface area contributed by atoms with E-state index in [1.165, 1.54) is 19.9 Å². The quantitative estimate of drug-likeness (QED) is 0.745. The Balaban J connectivity index is 2.60. The van der Waals surface area contributed by atoms with Crippen molar-refractivity contribution in [3.63, 3.8) is 0 Å². The average Bonchev–Trinajstić information content (AvgIpc) is 2.45. The van der Waals surface area contributed by atoms with E-state index in [0.717, 1.165) is 0 Å². The first kappa shape index (κ1) is 17.0. The van der Waals surface area contributed by atoms with Crippen molar-refractivity contribution in [2.45, 2.75) is 25.9 Å². The Bertz CT molecular complexity index is 521. The number of carbonyl (C=O) groups excluding carboxylic acids is 2. The maximum atomic E-state index is 12.9. The number of rotatable bonds is 7. The number of hydrogen-bond acceptors (Lipinski definition) is 4. The lowest BCUT2D eigenvalue weighted by Gasteiger charge is -2.18. The zero-order chi connectivity index (χ0) is 16.0. The monoisotopic (exact) mass is 300 g/mol. The first-order valence-corrected chi connectivity index (χ1v) is 6.38. The Kier molecular flexibility index (Phi) is 5.78. The van der Waals surface area contributed by atoms with Crippen LogP contribution in [-0.2, 0) is 4.79 Å². The number of alkyl halides is 2. The zero-order valence-electron chi connectivity index (χ0n) is 11.9. The summed E-state index contributed by atoms with van der Waals surface area (Å²) < 4.78 is 31.2. The van der Waals surface area contributed by atoms with E-state index < -0.39 is 31.0 Å². The van der Waals surface area contributed by atoms with Crippen molar-refractivity contribution in [2.24, 2.45) is 5.73 Å². The van der Waals surface area contributed by atoms with Crippen molar-refractivity contribution < 1.29 is 23.1 Å². The van der Waals surface area contributed by atoms with E-state index >= 15 is 0 Å². The lowest BCUT2D eigenvalue weighted by molar-refractivity contribution is -0.129. The molecule has 0 fully saturated rings. The summed E-state index contributed by atoms with van der Waals surface area (Å²) in [5.41, 5.74) is 5.31. The van der Waals surface area contributed by atoms with Gasteiger partial charge in [0, 0.05) is 5.56 Å². The Morgan fingerprint density at radius 1 is 1.43 bits per heavy atom. The van der Waals surface area contributed by atoms with Crippen molar-refractivity contribution in [1.29, 1.82) is 0 Å². The molecule has 0 aliphatic rings. The number of nitrogens with two attached hydrogens (primary N) is 1. The van der Waals surface area contributed by atoms with Gasteiger partial charge in [0.15, 0.2) is 11.9 Å². The van der Waals surface area contributed by atoms with Gasteiger partial charge in [0.2, 0.25) is 0 Å². The van der Waals surface area contributed by atoms with Crippen LogP contribution >= 0.6 is 0 Å². The van der Waals surface area contributed by atoms with Crippen LogP contribution < -0.4 is 15.8 Å². The maximum absolute atomic E-state index is 12.9. The number of nitrogens with one attached hydrogen (secondary N) is 1. The molecule has 21 heavy (non-hydrogen) atoms. The van der Waals surface area contributed by atoms with Crippen LogP contribution in [0.5, 0.6) is 5.75 Å². The van der Waals surface area contributed by atoms with E-state index in [9.17, 15) is 18.4 Å². The zero-order valence-corrected chi connectivity index (χ0v) is 11.9. The molecule has 0 aromatic heterocycles. The normalized spacial score (nSPS) is 12.6. The molecular formula is C14H18F2N2O3. The number of hydrogen-bond donors (Lipinski definition) is 2. The number of halogens is 2. The van der Waals surface area contributed by atoms with E-state index in [4.69, 9.17) is 10.5 Å². The third kappa shape index (κ3) is 5.47. The molecule has 1 amide bonds. The Hall–Kier alpha value is -2.02. The molecule has 116 valence electrons. The van der Waals surface area contributed by atoms with Gasteiger partial charge in [-0.3, -0.25) is 9.59 Å². The molecule has 0 aliphatic heterocycles. The van der Waals surface area contributed by atoms with Gasteiger partial charge >= 0.3 is 0 Å². The van der Waals surface area contributed by atoms with Gasteiger partial charge in [-0.05, 0) is 26.0 Å². The third-order valence-electron chi connectivity index (χ3n) is 2.74. The van der Waals surface area contributed by atoms with Crippen LogP contribution in [0, 0.1) is 0 Å². The predicted octanol–water partition coefficient (Wildman–Crippen LogP) is 1.37. The third-order valence-corrected chi connectivity index (χ3v) is 2.74. The predicted molar refractivity (Wildman–Crippen MR) is 73.5 cm³/mol. The highest BCUT2D eigenvalue weighted by Crippen LogP contribution is 2.15. The molecule has 1 aromatic carbocycles. The van der Waals surface area contributed by atoms with Gasteiger partial charge in [-0.1, -0.05) is 12.1 Å². The van der Waals surface area contributed by atoms with E-state index in [-0.39, 0.29) is 5.78 Å². The van der Waals surface area contributed by atoms with Gasteiger partial charge in [-0.15, -0.1) is 0 Å². The van der Waals surface area contributed by atoms with Crippen molar-refractivity contribution in [1.82, 2.24) is 5.32 Å². The Morgan fingerprint density at radius 2 is 2.10 bits per heavy atom. The molecular weight excluding hydrogens is 282 g/mol. The molecule has 0 heterocycles. The van der Waals surface area contributed by atoms with E-state index in [1.807, 2.05) is 0 Å². The summed E-state index contributed by atoms with van der Waals surface area (Å²) in [5, 5.41) is 2.07. The number of ether oxygens (including phenoxy) is 1. The molecule has 0 spiro atoms. The second kappa shape index (κ2) is 7.12. The van der Waals surface area contributed by atoms with Crippen LogP contribution in [0.1, 0.15) is 24.2 Å². The fourth-order valence-corrected chi connectivity index (χ4v) is 1.48. The number of benzene rings is 1. The van der Waals surface area contributed by atoms with Crippen LogP contribution in [0.3, 0.4) is 0 Å². The molecule has 0 saturated heterocycles. The Morgan fingerprint density at radius 3 is 2.67 bits per heavy atom. The van der Waals surface area contributed by atoms with Gasteiger partial charge in [0.05, 0.1) is 13.1 Å². The minimum atomic E-state index is -3.15. The Labute approximate surface area is 121 Å². The summed E-state index contributed by atoms with van der Waals surface area (Å²) >= 11 is 0. The number of ketones is 1. The van der Waals surface area contributed by atoms with E-state index in [1.54, 1.807) is 18.2 Å². The van der Waals surface area contributed by atoms with Gasteiger partial charge in [0.25, 0.3) is 11.8 Å². The standard InChI is InChI=1S/C14H18F2N2O3/c1-9(19)11-4-3-5-12(6-11)21-10(2)13(20)18-8-14(15,16)7-17/h3-6,10H,7-8,17H2,1-2H3,(H,18,20). The highest BCUT2D eigenvalue weighted by molar-refractivity contribution is 5.94. The summed E-state index contributed by atoms with van der Waals surface area (Å²) in [6.07, 6.45) is -0.971. The maximum Gasteiger partial charge on any atom is 0.277 e. The van der Waals surface area contributed by atoms with Gasteiger partial charge in [-0.25, -0.2) is 8.78 Å². The number of carbonyl (C=O) groups is 2. The largest absolute Gasteiger partial charge is 0.481 e. The summed E-state index contributed by atoms with van der Waals surface area (Å²) in [7, 11) is 0. The second-order valence-electron chi connectivity index (χ2n) is 4.62. The first-order valence-electron chi connectivity index (χ1n) is 6.38. The van der Waals surface area contributed by atoms with Crippen LogP contribution in [-0.4, -0.2) is 36.8 Å². The molecule has 0 bridgehead atoms. The van der Waals surface area contributed by atoms with Crippen molar-refractivity contribution in [3.05, 3.63) is 29.8 Å². The molecule has 1 aromatic rings. The average molecular weight is 300 g/mol.